The van der Waals surface area contributed by atoms with Crippen molar-refractivity contribution < 1.29 is 24.0 Å². The highest BCUT2D eigenvalue weighted by Gasteiger charge is 2.36. The largest absolute Gasteiger partial charge is 0.356 e. The Labute approximate surface area is 246 Å². The van der Waals surface area contributed by atoms with Crippen LogP contribution in [0.15, 0.2) is 30.5 Å². The van der Waals surface area contributed by atoms with Gasteiger partial charge in [0.1, 0.15) is 11.7 Å². The topological polar surface area (TPSA) is 159 Å². The molecule has 2 aromatic rings. The van der Waals surface area contributed by atoms with Crippen LogP contribution in [0.4, 0.5) is 0 Å². The molecule has 1 aliphatic heterocycles. The number of fused-ring (bicyclic) bond motifs is 1. The highest BCUT2D eigenvalue weighted by molar-refractivity contribution is 6.38. The molecule has 1 aromatic carbocycles. The van der Waals surface area contributed by atoms with Gasteiger partial charge in [-0.1, -0.05) is 44.2 Å². The Hall–Kier alpha value is -3.89. The molecule has 2 aliphatic rings. The van der Waals surface area contributed by atoms with Crippen LogP contribution in [0.5, 0.6) is 0 Å². The zero-order valence-electron chi connectivity index (χ0n) is 24.7. The van der Waals surface area contributed by atoms with E-state index in [1.54, 1.807) is 39.0 Å². The molecule has 226 valence electrons. The molecule has 4 N–H and O–H groups in total. The summed E-state index contributed by atoms with van der Waals surface area (Å²) in [5.41, 5.74) is 0.611. The van der Waals surface area contributed by atoms with E-state index in [1.165, 1.54) is 6.20 Å². The highest BCUT2D eigenvalue weighted by atomic mass is 16.2. The Morgan fingerprint density at radius 2 is 1.64 bits per heavy atom. The Balaban J connectivity index is 1.55. The molecule has 3 atom stereocenters. The standard InChI is InChI=1S/C31H42N6O5/c1-31(2,3)37-30(42)26(38)23(17-20-12-9-15-32-27(20)39)35-28(40)24(16-19-10-5-4-6-11-19)36-29(41)25-18-33-21-13-7-8-14-22(21)34-25/h7-8,13-14,18-20,23-24H,4-6,9-12,15-17H2,1-3H3,(H,32,39)(H,35,40)(H,36,41)(H,37,42)/t20-,23-,24-/m0/s1. The van der Waals surface area contributed by atoms with Crippen molar-refractivity contribution in [1.29, 1.82) is 0 Å². The number of nitrogens with zero attached hydrogens (tertiary/aromatic N) is 2. The van der Waals surface area contributed by atoms with Crippen molar-refractivity contribution in [3.8, 4) is 0 Å². The van der Waals surface area contributed by atoms with E-state index in [4.69, 9.17) is 0 Å². The lowest BCUT2D eigenvalue weighted by molar-refractivity contribution is -0.142. The SMILES string of the molecule is CC(C)(C)NC(=O)C(=O)[C@H](C[C@@H]1CCCNC1=O)NC(=O)[C@H](CC1CCCCC1)NC(=O)c1cnc2ccccc2n1. The van der Waals surface area contributed by atoms with Crippen molar-refractivity contribution in [3.05, 3.63) is 36.2 Å². The number of para-hydroxylation sites is 2. The Morgan fingerprint density at radius 3 is 2.33 bits per heavy atom. The molecule has 1 aromatic heterocycles. The van der Waals surface area contributed by atoms with Crippen molar-refractivity contribution in [2.75, 3.05) is 6.54 Å². The number of benzene rings is 1. The van der Waals surface area contributed by atoms with Gasteiger partial charge >= 0.3 is 0 Å². The summed E-state index contributed by atoms with van der Waals surface area (Å²) in [6, 6.07) is 5.00. The number of amides is 4. The maximum absolute atomic E-state index is 13.8. The monoisotopic (exact) mass is 578 g/mol. The van der Waals surface area contributed by atoms with Crippen LogP contribution in [0.2, 0.25) is 0 Å². The maximum atomic E-state index is 13.8. The van der Waals surface area contributed by atoms with Crippen molar-refractivity contribution in [2.24, 2.45) is 11.8 Å². The Morgan fingerprint density at radius 1 is 0.929 bits per heavy atom. The van der Waals surface area contributed by atoms with Crippen LogP contribution in [0.3, 0.4) is 0 Å². The zero-order chi connectivity index (χ0) is 30.3. The van der Waals surface area contributed by atoms with Crippen molar-refractivity contribution >= 4 is 40.4 Å². The van der Waals surface area contributed by atoms with Crippen molar-refractivity contribution in [3.63, 3.8) is 0 Å². The number of hydrogen-bond donors (Lipinski definition) is 4. The second-order valence-corrected chi connectivity index (χ2v) is 12.5. The van der Waals surface area contributed by atoms with E-state index in [1.807, 2.05) is 6.07 Å². The minimum atomic E-state index is -1.22. The van der Waals surface area contributed by atoms with Gasteiger partial charge in [0.25, 0.3) is 11.8 Å². The third-order valence-electron chi connectivity index (χ3n) is 7.86. The summed E-state index contributed by atoms with van der Waals surface area (Å²) in [6.07, 6.45) is 8.16. The minimum absolute atomic E-state index is 0.00574. The van der Waals surface area contributed by atoms with E-state index in [2.05, 4.69) is 31.2 Å². The molecule has 11 nitrogen and oxygen atoms in total. The van der Waals surface area contributed by atoms with Crippen LogP contribution >= 0.6 is 0 Å². The van der Waals surface area contributed by atoms with Gasteiger partial charge in [0.15, 0.2) is 0 Å². The first-order valence-electron chi connectivity index (χ1n) is 15.0. The third kappa shape index (κ3) is 8.56. The van der Waals surface area contributed by atoms with Gasteiger partial charge < -0.3 is 21.3 Å². The molecule has 0 unspecified atom stereocenters. The summed E-state index contributed by atoms with van der Waals surface area (Å²) in [5, 5.41) is 11.0. The number of carbonyl (C=O) groups excluding carboxylic acids is 5. The molecular formula is C31H42N6O5. The smallest absolute Gasteiger partial charge is 0.290 e. The first-order chi connectivity index (χ1) is 20.0. The molecule has 2 heterocycles. The number of Topliss-reactive ketones (excluding diaryl/α,β-unsaturated/α-hetero) is 1. The summed E-state index contributed by atoms with van der Waals surface area (Å²) in [4.78, 5) is 74.6. The van der Waals surface area contributed by atoms with E-state index in [0.717, 1.165) is 38.5 Å². The molecular weight excluding hydrogens is 536 g/mol. The van der Waals surface area contributed by atoms with Crippen LogP contribution in [0, 0.1) is 11.8 Å². The number of piperidine rings is 1. The average Bonchev–Trinajstić information content (AvgIpc) is 2.96. The normalized spacial score (nSPS) is 19.3. The van der Waals surface area contributed by atoms with Gasteiger partial charge in [-0.15, -0.1) is 0 Å². The fourth-order valence-electron chi connectivity index (χ4n) is 5.70. The second kappa shape index (κ2) is 13.8. The van der Waals surface area contributed by atoms with Gasteiger partial charge in [0.05, 0.1) is 23.3 Å². The van der Waals surface area contributed by atoms with E-state index in [0.29, 0.717) is 30.4 Å². The number of hydrogen-bond acceptors (Lipinski definition) is 7. The number of carbonyl (C=O) groups is 5. The summed E-state index contributed by atoms with van der Waals surface area (Å²) in [5.74, 6) is -3.27. The average molecular weight is 579 g/mol. The molecule has 1 saturated carbocycles. The lowest BCUT2D eigenvalue weighted by Crippen LogP contribution is -2.56. The van der Waals surface area contributed by atoms with Gasteiger partial charge in [-0.25, -0.2) is 4.98 Å². The molecule has 1 aliphatic carbocycles. The van der Waals surface area contributed by atoms with Gasteiger partial charge in [-0.2, -0.15) is 0 Å². The highest BCUT2D eigenvalue weighted by Crippen LogP contribution is 2.28. The number of nitrogens with one attached hydrogen (secondary N) is 4. The number of ketones is 1. The molecule has 0 radical (unpaired) electrons. The van der Waals surface area contributed by atoms with Gasteiger partial charge in [-0.3, -0.25) is 29.0 Å². The predicted molar refractivity (Wildman–Crippen MR) is 157 cm³/mol. The van der Waals surface area contributed by atoms with E-state index in [9.17, 15) is 24.0 Å². The van der Waals surface area contributed by atoms with Crippen LogP contribution in [-0.4, -0.2) is 63.5 Å². The zero-order valence-corrected chi connectivity index (χ0v) is 24.7. The molecule has 1 saturated heterocycles. The van der Waals surface area contributed by atoms with Gasteiger partial charge in [-0.05, 0) is 64.5 Å². The molecule has 42 heavy (non-hydrogen) atoms. The molecule has 11 heteroatoms. The Bertz CT molecular complexity index is 1320. The first-order valence-corrected chi connectivity index (χ1v) is 15.0. The maximum Gasteiger partial charge on any atom is 0.290 e. The van der Waals surface area contributed by atoms with Crippen LogP contribution < -0.4 is 21.3 Å². The second-order valence-electron chi connectivity index (χ2n) is 12.5. The summed E-state index contributed by atoms with van der Waals surface area (Å²) >= 11 is 0. The lowest BCUT2D eigenvalue weighted by atomic mass is 9.84. The summed E-state index contributed by atoms with van der Waals surface area (Å²) < 4.78 is 0. The molecule has 4 amide bonds. The molecule has 4 rings (SSSR count). The van der Waals surface area contributed by atoms with E-state index in [-0.39, 0.29) is 23.9 Å². The minimum Gasteiger partial charge on any atom is -0.356 e. The fraction of sp³-hybridized carbons (Fsp3) is 0.581. The van der Waals surface area contributed by atoms with Crippen molar-refractivity contribution in [1.82, 2.24) is 31.2 Å². The quantitative estimate of drug-likeness (QED) is 0.315. The van der Waals surface area contributed by atoms with Gasteiger partial charge in [0.2, 0.25) is 17.6 Å². The Kier molecular flexibility index (Phi) is 10.2. The summed E-state index contributed by atoms with van der Waals surface area (Å²) in [6.45, 7) is 5.82. The van der Waals surface area contributed by atoms with Crippen molar-refractivity contribution in [2.45, 2.75) is 96.2 Å². The lowest BCUT2D eigenvalue weighted by Gasteiger charge is -2.30. The first kappa shape index (κ1) is 31.1. The van der Waals surface area contributed by atoms with E-state index < -0.39 is 47.0 Å². The summed E-state index contributed by atoms with van der Waals surface area (Å²) in [7, 11) is 0. The van der Waals surface area contributed by atoms with Crippen LogP contribution in [0.1, 0.15) is 89.0 Å². The molecule has 0 spiro atoms. The number of aromatic nitrogens is 2. The third-order valence-corrected chi connectivity index (χ3v) is 7.86. The van der Waals surface area contributed by atoms with Gasteiger partial charge in [0, 0.05) is 18.0 Å². The fourth-order valence-corrected chi connectivity index (χ4v) is 5.70. The number of rotatable bonds is 10. The van der Waals surface area contributed by atoms with Crippen LogP contribution in [0.25, 0.3) is 11.0 Å². The molecule has 2 fully saturated rings. The van der Waals surface area contributed by atoms with Crippen LogP contribution in [-0.2, 0) is 19.2 Å². The predicted octanol–water partition coefficient (Wildman–Crippen LogP) is 2.58. The molecule has 0 bridgehead atoms. The van der Waals surface area contributed by atoms with E-state index >= 15 is 0 Å².